The van der Waals surface area contributed by atoms with Gasteiger partial charge in [0, 0.05) is 10.2 Å². The maximum atomic E-state index is 8.77. The maximum absolute atomic E-state index is 8.77. The number of hydrogen-bond donors (Lipinski definition) is 2. The molecule has 5 nitrogen and oxygen atoms in total. The summed E-state index contributed by atoms with van der Waals surface area (Å²) in [7, 11) is 0. The number of oxime groups is 1. The highest BCUT2D eigenvalue weighted by molar-refractivity contribution is 9.10. The number of hydrogen-bond acceptors (Lipinski definition) is 4. The van der Waals surface area contributed by atoms with Gasteiger partial charge in [0.15, 0.2) is 5.84 Å². The third-order valence-electron chi connectivity index (χ3n) is 2.44. The average Bonchev–Trinajstić information content (AvgIpc) is 2.41. The molecule has 1 aromatic carbocycles. The van der Waals surface area contributed by atoms with Gasteiger partial charge in [-0.05, 0) is 37.3 Å². The molecule has 1 heterocycles. The Kier molecular flexibility index (Phi) is 4.01. The van der Waals surface area contributed by atoms with Gasteiger partial charge in [-0.15, -0.1) is 0 Å². The second-order valence-electron chi connectivity index (χ2n) is 3.86. The van der Waals surface area contributed by atoms with Gasteiger partial charge in [-0.1, -0.05) is 21.1 Å². The van der Waals surface area contributed by atoms with E-state index in [1.54, 1.807) is 30.5 Å². The third-order valence-corrected chi connectivity index (χ3v) is 2.93. The average molecular weight is 322 g/mol. The van der Waals surface area contributed by atoms with Crippen molar-refractivity contribution in [2.45, 2.75) is 6.92 Å². The summed E-state index contributed by atoms with van der Waals surface area (Å²) >= 11 is 3.35. The molecule has 0 radical (unpaired) electrons. The van der Waals surface area contributed by atoms with Crippen molar-refractivity contribution in [1.29, 1.82) is 0 Å². The zero-order valence-corrected chi connectivity index (χ0v) is 11.8. The lowest BCUT2D eigenvalue weighted by Crippen LogP contribution is -2.14. The standard InChI is InChI=1S/C13H12BrN3O2/c1-8-2-4-10(7-16-8)19-12-6-9(14)3-5-11(12)13(15)17-18/h2-7,18H,1H3,(H2,15,17). The van der Waals surface area contributed by atoms with E-state index in [0.717, 1.165) is 10.2 Å². The fourth-order valence-corrected chi connectivity index (χ4v) is 1.83. The summed E-state index contributed by atoms with van der Waals surface area (Å²) in [5.74, 6) is 1.05. The largest absolute Gasteiger partial charge is 0.455 e. The minimum Gasteiger partial charge on any atom is -0.455 e. The number of benzene rings is 1. The predicted octanol–water partition coefficient (Wildman–Crippen LogP) is 3.04. The predicted molar refractivity (Wildman–Crippen MR) is 75.7 cm³/mol. The van der Waals surface area contributed by atoms with E-state index >= 15 is 0 Å². The number of nitrogens with two attached hydrogens (primary N) is 1. The van der Waals surface area contributed by atoms with Crippen molar-refractivity contribution in [3.63, 3.8) is 0 Å². The van der Waals surface area contributed by atoms with Crippen LogP contribution in [0.1, 0.15) is 11.3 Å². The zero-order valence-electron chi connectivity index (χ0n) is 10.2. The number of aryl methyl sites for hydroxylation is 1. The molecule has 0 amide bonds. The van der Waals surface area contributed by atoms with Crippen LogP contribution in [0.4, 0.5) is 0 Å². The first-order chi connectivity index (χ1) is 9.10. The number of pyridine rings is 1. The number of halogens is 1. The van der Waals surface area contributed by atoms with Crippen molar-refractivity contribution in [3.8, 4) is 11.5 Å². The molecule has 19 heavy (non-hydrogen) atoms. The topological polar surface area (TPSA) is 80.7 Å². The molecule has 0 aliphatic heterocycles. The van der Waals surface area contributed by atoms with E-state index in [-0.39, 0.29) is 5.84 Å². The minimum atomic E-state index is -0.0115. The number of nitrogens with zero attached hydrogens (tertiary/aromatic N) is 2. The van der Waals surface area contributed by atoms with Gasteiger partial charge in [0.25, 0.3) is 0 Å². The molecule has 0 spiro atoms. The lowest BCUT2D eigenvalue weighted by Gasteiger charge is -2.10. The zero-order chi connectivity index (χ0) is 13.8. The molecular weight excluding hydrogens is 310 g/mol. The SMILES string of the molecule is Cc1ccc(Oc2cc(Br)ccc2/C(N)=N/O)cn1. The molecular formula is C13H12BrN3O2. The Morgan fingerprint density at radius 2 is 2.16 bits per heavy atom. The quantitative estimate of drug-likeness (QED) is 0.394. The van der Waals surface area contributed by atoms with E-state index in [9.17, 15) is 0 Å². The molecule has 0 saturated carbocycles. The monoisotopic (exact) mass is 321 g/mol. The molecule has 0 fully saturated rings. The molecule has 1 aromatic heterocycles. The molecule has 98 valence electrons. The van der Waals surface area contributed by atoms with Crippen molar-refractivity contribution in [1.82, 2.24) is 4.98 Å². The Bertz CT molecular complexity index is 612. The Morgan fingerprint density at radius 1 is 1.37 bits per heavy atom. The van der Waals surface area contributed by atoms with Crippen LogP contribution in [-0.2, 0) is 0 Å². The van der Waals surface area contributed by atoms with Gasteiger partial charge in [0.05, 0.1) is 11.8 Å². The van der Waals surface area contributed by atoms with Gasteiger partial charge in [-0.3, -0.25) is 4.98 Å². The lowest BCUT2D eigenvalue weighted by atomic mass is 10.2. The second-order valence-corrected chi connectivity index (χ2v) is 4.78. The first-order valence-electron chi connectivity index (χ1n) is 5.48. The molecule has 2 rings (SSSR count). The van der Waals surface area contributed by atoms with E-state index in [2.05, 4.69) is 26.1 Å². The number of ether oxygens (including phenoxy) is 1. The van der Waals surface area contributed by atoms with Crippen LogP contribution in [0.3, 0.4) is 0 Å². The van der Waals surface area contributed by atoms with E-state index in [4.69, 9.17) is 15.7 Å². The molecule has 3 N–H and O–H groups in total. The van der Waals surface area contributed by atoms with E-state index < -0.39 is 0 Å². The summed E-state index contributed by atoms with van der Waals surface area (Å²) in [5.41, 5.74) is 7.02. The molecule has 2 aromatic rings. The molecule has 0 atom stereocenters. The lowest BCUT2D eigenvalue weighted by molar-refractivity contribution is 0.318. The van der Waals surface area contributed by atoms with Gasteiger partial charge in [0.1, 0.15) is 11.5 Å². The van der Waals surface area contributed by atoms with Crippen molar-refractivity contribution in [2.24, 2.45) is 10.9 Å². The smallest absolute Gasteiger partial charge is 0.173 e. The Morgan fingerprint density at radius 3 is 2.79 bits per heavy atom. The number of rotatable bonds is 3. The van der Waals surface area contributed by atoms with Crippen molar-refractivity contribution in [2.75, 3.05) is 0 Å². The first kappa shape index (κ1) is 13.4. The van der Waals surface area contributed by atoms with Gasteiger partial charge >= 0.3 is 0 Å². The normalized spacial score (nSPS) is 11.4. The van der Waals surface area contributed by atoms with Crippen LogP contribution in [0, 0.1) is 6.92 Å². The van der Waals surface area contributed by atoms with Crippen molar-refractivity contribution < 1.29 is 9.94 Å². The molecule has 0 aliphatic rings. The second kappa shape index (κ2) is 5.71. The van der Waals surface area contributed by atoms with Crippen molar-refractivity contribution >= 4 is 21.8 Å². The molecule has 0 unspecified atom stereocenters. The van der Waals surface area contributed by atoms with E-state index in [1.165, 1.54) is 0 Å². The Labute approximate surface area is 118 Å². The summed E-state index contributed by atoms with van der Waals surface area (Å²) < 4.78 is 6.53. The summed E-state index contributed by atoms with van der Waals surface area (Å²) in [4.78, 5) is 4.14. The van der Waals surface area contributed by atoms with Crippen LogP contribution in [0.25, 0.3) is 0 Å². The van der Waals surface area contributed by atoms with Crippen LogP contribution in [0.5, 0.6) is 11.5 Å². The van der Waals surface area contributed by atoms with Gasteiger partial charge < -0.3 is 15.7 Å². The van der Waals surface area contributed by atoms with Crippen LogP contribution in [0.15, 0.2) is 46.2 Å². The van der Waals surface area contributed by atoms with Gasteiger partial charge in [0.2, 0.25) is 0 Å². The van der Waals surface area contributed by atoms with Gasteiger partial charge in [-0.25, -0.2) is 0 Å². The van der Waals surface area contributed by atoms with Crippen LogP contribution < -0.4 is 10.5 Å². The maximum Gasteiger partial charge on any atom is 0.173 e. The number of aromatic nitrogens is 1. The highest BCUT2D eigenvalue weighted by Crippen LogP contribution is 2.28. The van der Waals surface area contributed by atoms with Crippen molar-refractivity contribution in [3.05, 3.63) is 52.3 Å². The third kappa shape index (κ3) is 3.23. The van der Waals surface area contributed by atoms with Gasteiger partial charge in [-0.2, -0.15) is 0 Å². The summed E-state index contributed by atoms with van der Waals surface area (Å²) in [5, 5.41) is 11.8. The summed E-state index contributed by atoms with van der Waals surface area (Å²) in [6, 6.07) is 8.88. The summed E-state index contributed by atoms with van der Waals surface area (Å²) in [6.07, 6.45) is 1.62. The van der Waals surface area contributed by atoms with E-state index in [1.807, 2.05) is 13.0 Å². The fourth-order valence-electron chi connectivity index (χ4n) is 1.49. The Hall–Kier alpha value is -2.08. The fraction of sp³-hybridized carbons (Fsp3) is 0.0769. The molecule has 0 saturated heterocycles. The minimum absolute atomic E-state index is 0.0115. The van der Waals surface area contributed by atoms with Crippen LogP contribution in [0.2, 0.25) is 0 Å². The number of amidine groups is 1. The summed E-state index contributed by atoms with van der Waals surface area (Å²) in [6.45, 7) is 1.89. The Balaban J connectivity index is 2.38. The van der Waals surface area contributed by atoms with E-state index in [0.29, 0.717) is 17.1 Å². The van der Waals surface area contributed by atoms with Crippen LogP contribution >= 0.6 is 15.9 Å². The van der Waals surface area contributed by atoms with Crippen LogP contribution in [-0.4, -0.2) is 16.0 Å². The highest BCUT2D eigenvalue weighted by Gasteiger charge is 2.10. The highest BCUT2D eigenvalue weighted by atomic mass is 79.9. The molecule has 0 aliphatic carbocycles. The molecule has 0 bridgehead atoms. The molecule has 6 heteroatoms. The first-order valence-corrected chi connectivity index (χ1v) is 6.27.